The minimum Gasteiger partial charge on any atom is -0.310 e. The molecule has 0 fully saturated rings. The van der Waals surface area contributed by atoms with E-state index in [1.165, 1.54) is 16.9 Å². The summed E-state index contributed by atoms with van der Waals surface area (Å²) in [5.41, 5.74) is 1.48. The maximum Gasteiger partial charge on any atom is 0.284 e. The number of aryl methyl sites for hydroxylation is 2. The minimum atomic E-state index is -3.58. The van der Waals surface area contributed by atoms with Crippen LogP contribution >= 0.6 is 11.3 Å². The second-order valence-corrected chi connectivity index (χ2v) is 8.52. The molecule has 1 aromatic heterocycles. The summed E-state index contributed by atoms with van der Waals surface area (Å²) < 4.78 is 24.2. The molecule has 0 aliphatic carbocycles. The lowest BCUT2D eigenvalue weighted by Gasteiger charge is -2.03. The fourth-order valence-electron chi connectivity index (χ4n) is 2.21. The number of aromatic nitrogens is 1. The summed E-state index contributed by atoms with van der Waals surface area (Å²) in [6.07, 6.45) is 2.96. The first-order chi connectivity index (χ1) is 11.3. The molecule has 1 amide bonds. The minimum absolute atomic E-state index is 0.173. The maximum absolute atomic E-state index is 11.9. The van der Waals surface area contributed by atoms with E-state index in [0.29, 0.717) is 11.4 Å². The highest BCUT2D eigenvalue weighted by Gasteiger charge is 2.18. The van der Waals surface area contributed by atoms with Gasteiger partial charge in [-0.3, -0.25) is 4.79 Å². The van der Waals surface area contributed by atoms with Gasteiger partial charge in [-0.25, -0.2) is 18.1 Å². The molecule has 8 heteroatoms. The van der Waals surface area contributed by atoms with Crippen LogP contribution in [0.4, 0.5) is 0 Å². The van der Waals surface area contributed by atoms with E-state index in [9.17, 15) is 13.2 Å². The Morgan fingerprint density at radius 3 is 2.62 bits per heavy atom. The lowest BCUT2D eigenvalue weighted by atomic mass is 10.1. The fraction of sp³-hybridized carbons (Fsp3) is 0.375. The van der Waals surface area contributed by atoms with Crippen LogP contribution in [0.2, 0.25) is 0 Å². The Bertz CT molecular complexity index is 786. The van der Waals surface area contributed by atoms with Crippen molar-refractivity contribution in [2.24, 2.45) is 0 Å². The van der Waals surface area contributed by atoms with Gasteiger partial charge in [-0.15, -0.1) is 11.3 Å². The van der Waals surface area contributed by atoms with E-state index in [0.717, 1.165) is 30.6 Å². The lowest BCUT2D eigenvalue weighted by Crippen LogP contribution is -2.30. The summed E-state index contributed by atoms with van der Waals surface area (Å²) in [5.74, 6) is -0.679. The normalized spacial score (nSPS) is 11.4. The van der Waals surface area contributed by atoms with Crippen molar-refractivity contribution in [1.82, 2.24) is 15.0 Å². The average molecular weight is 367 g/mol. The molecule has 0 aliphatic rings. The van der Waals surface area contributed by atoms with E-state index in [1.54, 1.807) is 6.92 Å². The van der Waals surface area contributed by atoms with Crippen molar-refractivity contribution in [1.29, 1.82) is 0 Å². The largest absolute Gasteiger partial charge is 0.310 e. The molecule has 2 N–H and O–H groups in total. The van der Waals surface area contributed by atoms with E-state index in [-0.39, 0.29) is 5.69 Å². The number of hydrogen-bond acceptors (Lipinski definition) is 6. The Balaban J connectivity index is 1.79. The van der Waals surface area contributed by atoms with E-state index in [2.05, 4.69) is 22.4 Å². The van der Waals surface area contributed by atoms with Gasteiger partial charge in [0.15, 0.2) is 0 Å². The van der Waals surface area contributed by atoms with Crippen molar-refractivity contribution >= 4 is 27.3 Å². The molecule has 0 unspecified atom stereocenters. The Labute approximate surface area is 146 Å². The SMILES string of the molecule is Cc1sc(CNCCCc2ccccc2)nc1C(=O)NS(C)(=O)=O. The van der Waals surface area contributed by atoms with Crippen LogP contribution in [0.1, 0.15) is 32.4 Å². The molecule has 0 aliphatic heterocycles. The van der Waals surface area contributed by atoms with Crippen LogP contribution in [-0.2, 0) is 23.0 Å². The molecule has 0 saturated heterocycles. The van der Waals surface area contributed by atoms with Crippen LogP contribution in [0.5, 0.6) is 0 Å². The maximum atomic E-state index is 11.9. The standard InChI is InChI=1S/C16H21N3O3S2/c1-12-15(16(20)19-24(2,21)22)18-14(23-12)11-17-10-6-9-13-7-4-3-5-8-13/h3-5,7-8,17H,6,9-11H2,1-2H3,(H,19,20). The van der Waals surface area contributed by atoms with Gasteiger partial charge in [0.1, 0.15) is 10.7 Å². The molecule has 6 nitrogen and oxygen atoms in total. The highest BCUT2D eigenvalue weighted by Crippen LogP contribution is 2.17. The molecule has 1 heterocycles. The Morgan fingerprint density at radius 1 is 1.25 bits per heavy atom. The third kappa shape index (κ3) is 6.03. The molecule has 0 saturated carbocycles. The van der Waals surface area contributed by atoms with Gasteiger partial charge < -0.3 is 5.32 Å². The van der Waals surface area contributed by atoms with E-state index < -0.39 is 15.9 Å². The molecule has 0 radical (unpaired) electrons. The first kappa shape index (κ1) is 18.6. The van der Waals surface area contributed by atoms with Gasteiger partial charge in [-0.05, 0) is 31.9 Å². The van der Waals surface area contributed by atoms with E-state index in [4.69, 9.17) is 0 Å². The van der Waals surface area contributed by atoms with Gasteiger partial charge in [-0.2, -0.15) is 0 Å². The van der Waals surface area contributed by atoms with Crippen LogP contribution in [-0.4, -0.2) is 32.1 Å². The smallest absolute Gasteiger partial charge is 0.284 e. The van der Waals surface area contributed by atoms with Gasteiger partial charge >= 0.3 is 0 Å². The summed E-state index contributed by atoms with van der Waals surface area (Å²) in [6.45, 7) is 3.17. The quantitative estimate of drug-likeness (QED) is 0.696. The lowest BCUT2D eigenvalue weighted by molar-refractivity contribution is 0.0977. The number of hydrogen-bond donors (Lipinski definition) is 2. The molecule has 130 valence electrons. The molecule has 1 aromatic carbocycles. The summed E-state index contributed by atoms with van der Waals surface area (Å²) in [4.78, 5) is 16.8. The van der Waals surface area contributed by atoms with Crippen molar-refractivity contribution in [2.45, 2.75) is 26.3 Å². The third-order valence-electron chi connectivity index (χ3n) is 3.27. The van der Waals surface area contributed by atoms with Crippen LogP contribution in [0, 0.1) is 6.92 Å². The molecule has 2 aromatic rings. The number of amides is 1. The monoisotopic (exact) mass is 367 g/mol. The Hall–Kier alpha value is -1.77. The van der Waals surface area contributed by atoms with Gasteiger partial charge in [-0.1, -0.05) is 30.3 Å². The molecule has 0 atom stereocenters. The predicted octanol–water partition coefficient (Wildman–Crippen LogP) is 1.86. The second kappa shape index (κ2) is 8.36. The topological polar surface area (TPSA) is 88.2 Å². The number of rotatable bonds is 8. The Kier molecular flexibility index (Phi) is 6.47. The molecule has 24 heavy (non-hydrogen) atoms. The highest BCUT2D eigenvalue weighted by molar-refractivity contribution is 7.89. The van der Waals surface area contributed by atoms with Gasteiger partial charge in [0, 0.05) is 11.4 Å². The number of carbonyl (C=O) groups is 1. The molecular weight excluding hydrogens is 346 g/mol. The number of benzene rings is 1. The number of sulfonamides is 1. The second-order valence-electron chi connectivity index (χ2n) is 5.48. The Morgan fingerprint density at radius 2 is 1.96 bits per heavy atom. The highest BCUT2D eigenvalue weighted by atomic mass is 32.2. The van der Waals surface area contributed by atoms with E-state index in [1.807, 2.05) is 22.9 Å². The van der Waals surface area contributed by atoms with Gasteiger partial charge in [0.25, 0.3) is 5.91 Å². The van der Waals surface area contributed by atoms with Gasteiger partial charge in [0.05, 0.1) is 6.26 Å². The third-order valence-corrected chi connectivity index (χ3v) is 4.80. The van der Waals surface area contributed by atoms with Crippen LogP contribution < -0.4 is 10.0 Å². The van der Waals surface area contributed by atoms with Crippen molar-refractivity contribution in [3.8, 4) is 0 Å². The summed E-state index contributed by atoms with van der Waals surface area (Å²) in [7, 11) is -3.58. The molecule has 0 spiro atoms. The average Bonchev–Trinajstić information content (AvgIpc) is 2.87. The first-order valence-corrected chi connectivity index (χ1v) is 10.3. The number of nitrogens with zero attached hydrogens (tertiary/aromatic N) is 1. The summed E-state index contributed by atoms with van der Waals surface area (Å²) >= 11 is 1.39. The van der Waals surface area contributed by atoms with Crippen molar-refractivity contribution in [2.75, 3.05) is 12.8 Å². The number of carbonyl (C=O) groups excluding carboxylic acids is 1. The summed E-state index contributed by atoms with van der Waals surface area (Å²) in [6, 6.07) is 10.3. The van der Waals surface area contributed by atoms with Crippen LogP contribution in [0.25, 0.3) is 0 Å². The van der Waals surface area contributed by atoms with Crippen molar-refractivity contribution < 1.29 is 13.2 Å². The zero-order valence-electron chi connectivity index (χ0n) is 13.7. The predicted molar refractivity (Wildman–Crippen MR) is 95.6 cm³/mol. The van der Waals surface area contributed by atoms with Crippen LogP contribution in [0.15, 0.2) is 30.3 Å². The van der Waals surface area contributed by atoms with Crippen molar-refractivity contribution in [3.63, 3.8) is 0 Å². The fourth-order valence-corrected chi connectivity index (χ4v) is 3.54. The van der Waals surface area contributed by atoms with Crippen molar-refractivity contribution in [3.05, 3.63) is 51.5 Å². The zero-order chi connectivity index (χ0) is 17.6. The zero-order valence-corrected chi connectivity index (χ0v) is 15.3. The number of thiazole rings is 1. The van der Waals surface area contributed by atoms with E-state index >= 15 is 0 Å². The summed E-state index contributed by atoms with van der Waals surface area (Å²) in [5, 5.41) is 4.07. The number of nitrogens with one attached hydrogen (secondary N) is 2. The molecular formula is C16H21N3O3S2. The molecule has 2 rings (SSSR count). The van der Waals surface area contributed by atoms with Crippen LogP contribution in [0.3, 0.4) is 0 Å². The first-order valence-electron chi connectivity index (χ1n) is 7.58. The molecule has 0 bridgehead atoms. The van der Waals surface area contributed by atoms with Gasteiger partial charge in [0.2, 0.25) is 10.0 Å².